The first kappa shape index (κ1) is 32.9. The van der Waals surface area contributed by atoms with Gasteiger partial charge in [-0.15, -0.1) is 0 Å². The molecule has 10 nitrogen and oxygen atoms in total. The summed E-state index contributed by atoms with van der Waals surface area (Å²) in [5, 5.41) is 3.40. The van der Waals surface area contributed by atoms with Crippen LogP contribution in [-0.4, -0.2) is 77.1 Å². The maximum atomic E-state index is 14.2. The van der Waals surface area contributed by atoms with Gasteiger partial charge in [-0.1, -0.05) is 23.7 Å². The monoisotopic (exact) mass is 677 g/mol. The lowest BCUT2D eigenvalue weighted by atomic mass is 9.93. The van der Waals surface area contributed by atoms with Crippen molar-refractivity contribution in [1.29, 1.82) is 0 Å². The maximum Gasteiger partial charge on any atom is 0.259 e. The molecule has 3 saturated heterocycles. The number of rotatable bonds is 11. The highest BCUT2D eigenvalue weighted by Gasteiger charge is 2.41. The number of likely N-dealkylation sites (tertiary alicyclic amines) is 1. The van der Waals surface area contributed by atoms with Crippen LogP contribution in [0, 0.1) is 5.82 Å². The highest BCUT2D eigenvalue weighted by Crippen LogP contribution is 2.31. The number of carbonyl (C=O) groups is 1. The molecule has 254 valence electrons. The van der Waals surface area contributed by atoms with Gasteiger partial charge in [0.1, 0.15) is 18.2 Å². The molecule has 2 aromatic heterocycles. The van der Waals surface area contributed by atoms with Crippen LogP contribution in [0.3, 0.4) is 0 Å². The van der Waals surface area contributed by atoms with E-state index in [1.165, 1.54) is 6.07 Å². The number of nitrogens with zero attached hydrogens (tertiary/aromatic N) is 4. The predicted octanol–water partition coefficient (Wildman–Crippen LogP) is 6.11. The summed E-state index contributed by atoms with van der Waals surface area (Å²) in [7, 11) is 1.56. The van der Waals surface area contributed by atoms with Crippen molar-refractivity contribution in [3.05, 3.63) is 82.5 Å². The molecule has 5 heterocycles. The normalized spacial score (nSPS) is 22.0. The first-order valence-corrected chi connectivity index (χ1v) is 17.1. The molecule has 3 fully saturated rings. The van der Waals surface area contributed by atoms with Crippen molar-refractivity contribution in [3.63, 3.8) is 0 Å². The fourth-order valence-corrected chi connectivity index (χ4v) is 6.94. The van der Waals surface area contributed by atoms with Crippen molar-refractivity contribution in [2.24, 2.45) is 0 Å². The van der Waals surface area contributed by atoms with Crippen LogP contribution >= 0.6 is 11.6 Å². The SMILES string of the molecule is COC1(C(=O)Nc2ccc3c(c2)nc(CN2CCC(c4cccc(OCc5ccc(Cl)cc5F)n4)CC2)n3CC2CCO2)CCCOC1. The van der Waals surface area contributed by atoms with Gasteiger partial charge >= 0.3 is 0 Å². The molecule has 2 aromatic carbocycles. The molecule has 2 atom stereocenters. The van der Waals surface area contributed by atoms with Crippen molar-refractivity contribution < 1.29 is 28.1 Å². The lowest BCUT2D eigenvalue weighted by Gasteiger charge is -2.34. The number of fused-ring (bicyclic) bond motifs is 1. The summed E-state index contributed by atoms with van der Waals surface area (Å²) in [5.41, 5.74) is 2.99. The highest BCUT2D eigenvalue weighted by atomic mass is 35.5. The number of carbonyl (C=O) groups excluding carboxylic acids is 1. The van der Waals surface area contributed by atoms with Crippen molar-refractivity contribution in [3.8, 4) is 5.88 Å². The van der Waals surface area contributed by atoms with Crippen LogP contribution in [0.2, 0.25) is 5.02 Å². The van der Waals surface area contributed by atoms with Crippen molar-refractivity contribution in [2.75, 3.05) is 45.3 Å². The summed E-state index contributed by atoms with van der Waals surface area (Å²) in [6.45, 7) is 5.02. The topological polar surface area (TPSA) is 100.0 Å². The summed E-state index contributed by atoms with van der Waals surface area (Å²) in [6, 6.07) is 16.3. The van der Waals surface area contributed by atoms with Crippen molar-refractivity contribution in [1.82, 2.24) is 19.4 Å². The summed E-state index contributed by atoms with van der Waals surface area (Å²) >= 11 is 5.88. The van der Waals surface area contributed by atoms with E-state index in [9.17, 15) is 9.18 Å². The molecule has 0 radical (unpaired) electrons. The molecule has 12 heteroatoms. The minimum absolute atomic E-state index is 0.0849. The van der Waals surface area contributed by atoms with E-state index in [4.69, 9.17) is 40.5 Å². The van der Waals surface area contributed by atoms with E-state index in [0.29, 0.717) is 47.6 Å². The molecular weight excluding hydrogens is 637 g/mol. The molecule has 0 spiro atoms. The van der Waals surface area contributed by atoms with Gasteiger partial charge in [0.15, 0.2) is 5.60 Å². The molecule has 0 bridgehead atoms. The molecule has 7 rings (SSSR count). The smallest absolute Gasteiger partial charge is 0.259 e. The Labute approximate surface area is 284 Å². The third-order valence-corrected chi connectivity index (χ3v) is 10.0. The first-order valence-electron chi connectivity index (χ1n) is 16.7. The number of nitrogens with one attached hydrogen (secondary N) is 1. The fraction of sp³-hybridized carbons (Fsp3) is 0.472. The minimum Gasteiger partial charge on any atom is -0.473 e. The Morgan fingerprint density at radius 1 is 1.10 bits per heavy atom. The lowest BCUT2D eigenvalue weighted by molar-refractivity contribution is -0.154. The predicted molar refractivity (Wildman–Crippen MR) is 180 cm³/mol. The van der Waals surface area contributed by atoms with Crippen LogP contribution in [-0.2, 0) is 38.7 Å². The Morgan fingerprint density at radius 2 is 1.96 bits per heavy atom. The number of imidazole rings is 1. The zero-order chi connectivity index (χ0) is 33.1. The van der Waals surface area contributed by atoms with Crippen LogP contribution in [0.15, 0.2) is 54.6 Å². The molecule has 3 aliphatic rings. The van der Waals surface area contributed by atoms with Gasteiger partial charge < -0.3 is 28.8 Å². The second-order valence-corrected chi connectivity index (χ2v) is 13.3. The molecule has 3 aliphatic heterocycles. The average Bonchev–Trinajstić information content (AvgIpc) is 3.42. The molecular formula is C36H41ClFN5O5. The first-order chi connectivity index (χ1) is 23.4. The molecule has 0 aliphatic carbocycles. The number of pyridine rings is 1. The Hall–Kier alpha value is -3.61. The lowest BCUT2D eigenvalue weighted by Crippen LogP contribution is -2.50. The van der Waals surface area contributed by atoms with Crippen molar-refractivity contribution in [2.45, 2.75) is 69.4 Å². The maximum absolute atomic E-state index is 14.2. The molecule has 1 amide bonds. The Morgan fingerprint density at radius 3 is 2.69 bits per heavy atom. The second-order valence-electron chi connectivity index (χ2n) is 12.9. The molecule has 1 N–H and O–H groups in total. The largest absolute Gasteiger partial charge is 0.473 e. The van der Waals surface area contributed by atoms with E-state index in [0.717, 1.165) is 74.5 Å². The molecule has 2 unspecified atom stereocenters. The summed E-state index contributed by atoms with van der Waals surface area (Å²) in [6.07, 6.45) is 4.51. The van der Waals surface area contributed by atoms with Crippen LogP contribution in [0.5, 0.6) is 5.88 Å². The number of piperidine rings is 1. The zero-order valence-electron chi connectivity index (χ0n) is 27.1. The standard InChI is InChI=1S/C36H41ClFN5O5/c1-45-36(13-3-16-46-23-36)35(44)39-27-8-9-32-31(19-27)40-33(43(32)20-28-12-17-47-28)21-42-14-10-24(11-15-42)30-4-2-5-34(41-30)48-22-25-6-7-26(37)18-29(25)38/h2,4-9,18-19,24,28H,3,10-17,20-23H2,1H3,(H,39,44). The number of hydrogen-bond acceptors (Lipinski definition) is 8. The van der Waals surface area contributed by atoms with Gasteiger partial charge in [0.2, 0.25) is 5.88 Å². The number of methoxy groups -OCH3 is 1. The highest BCUT2D eigenvalue weighted by molar-refractivity contribution is 6.30. The Kier molecular flexibility index (Phi) is 9.93. The third-order valence-electron chi connectivity index (χ3n) is 9.78. The van der Waals surface area contributed by atoms with Gasteiger partial charge in [0.25, 0.3) is 5.91 Å². The number of aromatic nitrogens is 3. The van der Waals surface area contributed by atoms with Gasteiger partial charge in [0.05, 0.1) is 36.8 Å². The van der Waals surface area contributed by atoms with E-state index in [1.54, 1.807) is 25.3 Å². The van der Waals surface area contributed by atoms with Gasteiger partial charge in [0, 0.05) is 54.3 Å². The summed E-state index contributed by atoms with van der Waals surface area (Å²) < 4.78 is 39.4. The minimum atomic E-state index is -0.980. The van der Waals surface area contributed by atoms with E-state index >= 15 is 0 Å². The summed E-state index contributed by atoms with van der Waals surface area (Å²) in [4.78, 5) is 25.5. The number of benzene rings is 2. The average molecular weight is 678 g/mol. The van der Waals surface area contributed by atoms with Gasteiger partial charge in [-0.2, -0.15) is 0 Å². The van der Waals surface area contributed by atoms with Crippen LogP contribution in [0.25, 0.3) is 11.0 Å². The van der Waals surface area contributed by atoms with Crippen LogP contribution in [0.1, 0.15) is 55.1 Å². The van der Waals surface area contributed by atoms with Gasteiger partial charge in [-0.25, -0.2) is 14.4 Å². The van der Waals surface area contributed by atoms with Gasteiger partial charge in [-0.3, -0.25) is 9.69 Å². The third kappa shape index (κ3) is 7.21. The number of halogens is 2. The summed E-state index contributed by atoms with van der Waals surface area (Å²) in [5.74, 6) is 1.18. The second kappa shape index (κ2) is 14.5. The molecule has 48 heavy (non-hydrogen) atoms. The van der Waals surface area contributed by atoms with E-state index in [-0.39, 0.29) is 25.2 Å². The Bertz CT molecular complexity index is 1750. The fourth-order valence-electron chi connectivity index (χ4n) is 6.78. The van der Waals surface area contributed by atoms with Crippen LogP contribution < -0.4 is 10.1 Å². The zero-order valence-corrected chi connectivity index (χ0v) is 27.9. The number of amides is 1. The van der Waals surface area contributed by atoms with Crippen LogP contribution in [0.4, 0.5) is 10.1 Å². The quantitative estimate of drug-likeness (QED) is 0.203. The molecule has 0 saturated carbocycles. The number of anilines is 1. The Balaban J connectivity index is 1.01. The number of hydrogen-bond donors (Lipinski definition) is 1. The van der Waals surface area contributed by atoms with Crippen molar-refractivity contribution >= 4 is 34.2 Å². The van der Waals surface area contributed by atoms with E-state index < -0.39 is 11.4 Å². The molecule has 4 aromatic rings. The number of ether oxygens (including phenoxy) is 4. The van der Waals surface area contributed by atoms with E-state index in [1.807, 2.05) is 30.3 Å². The van der Waals surface area contributed by atoms with Gasteiger partial charge in [-0.05, 0) is 81.6 Å². The van der Waals surface area contributed by atoms with E-state index in [2.05, 4.69) is 14.8 Å².